The summed E-state index contributed by atoms with van der Waals surface area (Å²) in [6, 6.07) is 19.3. The normalized spacial score (nSPS) is 10.9. The highest BCUT2D eigenvalue weighted by molar-refractivity contribution is 5.66. The summed E-state index contributed by atoms with van der Waals surface area (Å²) in [4.78, 5) is 0. The molecule has 2 nitrogen and oxygen atoms in total. The highest BCUT2D eigenvalue weighted by Crippen LogP contribution is 2.32. The van der Waals surface area contributed by atoms with Crippen LogP contribution in [0.15, 0.2) is 72.8 Å². The lowest BCUT2D eigenvalue weighted by Crippen LogP contribution is -2.02. The van der Waals surface area contributed by atoms with Crippen LogP contribution < -0.4 is 9.47 Å². The van der Waals surface area contributed by atoms with Crippen LogP contribution in [-0.2, 0) is 6.61 Å². The van der Waals surface area contributed by atoms with Crippen molar-refractivity contribution in [2.45, 2.75) is 33.3 Å². The van der Waals surface area contributed by atoms with Crippen molar-refractivity contribution in [3.63, 3.8) is 0 Å². The van der Waals surface area contributed by atoms with Gasteiger partial charge in [-0.25, -0.2) is 13.2 Å². The zero-order valence-corrected chi connectivity index (χ0v) is 20.1. The lowest BCUT2D eigenvalue weighted by molar-refractivity contribution is 0.289. The van der Waals surface area contributed by atoms with Gasteiger partial charge >= 0.3 is 0 Å². The van der Waals surface area contributed by atoms with Crippen molar-refractivity contribution in [2.24, 2.45) is 0 Å². The monoisotopic (exact) mass is 494 g/mol. The second-order valence-electron chi connectivity index (χ2n) is 8.52. The second-order valence-corrected chi connectivity index (χ2v) is 8.52. The van der Waals surface area contributed by atoms with Crippen molar-refractivity contribution in [3.8, 4) is 33.8 Å². The number of ether oxygens (including phenoxy) is 2. The van der Waals surface area contributed by atoms with E-state index in [9.17, 15) is 17.6 Å². The maximum absolute atomic E-state index is 14.7. The molecule has 0 saturated heterocycles. The topological polar surface area (TPSA) is 18.5 Å². The summed E-state index contributed by atoms with van der Waals surface area (Å²) in [5, 5.41) is 0. The molecular weight excluding hydrogens is 468 g/mol. The van der Waals surface area contributed by atoms with Gasteiger partial charge in [0, 0.05) is 16.7 Å². The van der Waals surface area contributed by atoms with Crippen molar-refractivity contribution < 1.29 is 27.0 Å². The van der Waals surface area contributed by atoms with E-state index < -0.39 is 23.3 Å². The van der Waals surface area contributed by atoms with Gasteiger partial charge in [0.2, 0.25) is 5.82 Å². The van der Waals surface area contributed by atoms with Crippen LogP contribution in [0.25, 0.3) is 22.3 Å². The molecule has 186 valence electrons. The summed E-state index contributed by atoms with van der Waals surface area (Å²) in [6.45, 7) is 4.02. The van der Waals surface area contributed by atoms with E-state index in [0.29, 0.717) is 23.5 Å². The molecule has 0 N–H and O–H groups in total. The number of benzene rings is 4. The van der Waals surface area contributed by atoms with E-state index in [2.05, 4.69) is 0 Å². The van der Waals surface area contributed by atoms with Crippen molar-refractivity contribution in [1.82, 2.24) is 0 Å². The van der Waals surface area contributed by atoms with Crippen LogP contribution in [0.3, 0.4) is 0 Å². The van der Waals surface area contributed by atoms with Crippen molar-refractivity contribution in [1.29, 1.82) is 0 Å². The molecule has 4 aromatic rings. The highest BCUT2D eigenvalue weighted by Gasteiger charge is 2.17. The van der Waals surface area contributed by atoms with Crippen molar-refractivity contribution in [3.05, 3.63) is 107 Å². The first kappa shape index (κ1) is 25.3. The van der Waals surface area contributed by atoms with E-state index in [1.807, 2.05) is 26.0 Å². The van der Waals surface area contributed by atoms with Gasteiger partial charge in [-0.05, 0) is 48.7 Å². The molecule has 36 heavy (non-hydrogen) atoms. The third-order valence-corrected chi connectivity index (χ3v) is 5.89. The Kier molecular flexibility index (Phi) is 7.93. The number of hydrogen-bond acceptors (Lipinski definition) is 2. The first-order valence-electron chi connectivity index (χ1n) is 11.8. The first-order valence-corrected chi connectivity index (χ1v) is 11.8. The smallest absolute Gasteiger partial charge is 0.201 e. The van der Waals surface area contributed by atoms with Crippen LogP contribution in [-0.4, -0.2) is 6.61 Å². The fourth-order valence-corrected chi connectivity index (χ4v) is 3.74. The molecule has 0 amide bonds. The summed E-state index contributed by atoms with van der Waals surface area (Å²) in [5.74, 6) is -3.67. The first-order chi connectivity index (χ1) is 17.4. The quantitative estimate of drug-likeness (QED) is 0.171. The molecule has 6 heteroatoms. The SMILES string of the molecule is CCCCOc1ccc(-c2ccc(OCc3ccc(-c4ccc(C)cc4)c(F)c3F)cc2)c(F)c1F. The molecule has 0 saturated carbocycles. The molecule has 0 heterocycles. The van der Waals surface area contributed by atoms with E-state index >= 15 is 0 Å². The molecule has 0 unspecified atom stereocenters. The van der Waals surface area contributed by atoms with E-state index in [4.69, 9.17) is 9.47 Å². The second kappa shape index (κ2) is 11.3. The van der Waals surface area contributed by atoms with Crippen LogP contribution in [0.5, 0.6) is 11.5 Å². The van der Waals surface area contributed by atoms with Gasteiger partial charge in [0.05, 0.1) is 6.61 Å². The third-order valence-electron chi connectivity index (χ3n) is 5.89. The Bertz CT molecular complexity index is 1330. The van der Waals surface area contributed by atoms with Crippen LogP contribution in [0.2, 0.25) is 0 Å². The molecule has 4 rings (SSSR count). The zero-order chi connectivity index (χ0) is 25.7. The number of unbranched alkanes of at least 4 members (excludes halogenated alkanes) is 1. The van der Waals surface area contributed by atoms with E-state index in [-0.39, 0.29) is 29.0 Å². The largest absolute Gasteiger partial charge is 0.490 e. The Balaban J connectivity index is 1.45. The molecule has 0 atom stereocenters. The van der Waals surface area contributed by atoms with Crippen LogP contribution >= 0.6 is 0 Å². The average Bonchev–Trinajstić information content (AvgIpc) is 2.89. The van der Waals surface area contributed by atoms with Crippen molar-refractivity contribution in [2.75, 3.05) is 6.61 Å². The molecule has 0 radical (unpaired) electrons. The third kappa shape index (κ3) is 5.54. The molecule has 0 bridgehead atoms. The number of rotatable bonds is 9. The molecule has 0 fully saturated rings. The Labute approximate surface area is 208 Å². The van der Waals surface area contributed by atoms with Gasteiger partial charge in [-0.1, -0.05) is 67.4 Å². The van der Waals surface area contributed by atoms with Gasteiger partial charge in [-0.2, -0.15) is 4.39 Å². The standard InChI is InChI=1S/C30H26F4O2/c1-3-4-17-35-26-16-15-25(29(33)30(26)34)21-9-12-23(13-10-21)36-18-22-11-14-24(28(32)27(22)31)20-7-5-19(2)6-8-20/h5-16H,3-4,17-18H2,1-2H3. The van der Waals surface area contributed by atoms with Crippen molar-refractivity contribution >= 4 is 0 Å². The van der Waals surface area contributed by atoms with E-state index in [1.54, 1.807) is 36.4 Å². The van der Waals surface area contributed by atoms with Crippen LogP contribution in [0.1, 0.15) is 30.9 Å². The van der Waals surface area contributed by atoms with Crippen LogP contribution in [0, 0.1) is 30.2 Å². The minimum Gasteiger partial charge on any atom is -0.490 e. The van der Waals surface area contributed by atoms with Gasteiger partial charge in [0.15, 0.2) is 23.2 Å². The molecule has 0 aliphatic rings. The lowest BCUT2D eigenvalue weighted by Gasteiger charge is -2.12. The van der Waals surface area contributed by atoms with Gasteiger partial charge in [0.25, 0.3) is 0 Å². The minimum absolute atomic E-state index is 0.0687. The Morgan fingerprint density at radius 1 is 0.611 bits per heavy atom. The maximum atomic E-state index is 14.7. The zero-order valence-electron chi connectivity index (χ0n) is 20.1. The summed E-state index contributed by atoms with van der Waals surface area (Å²) < 4.78 is 69.3. The Hall–Kier alpha value is -3.80. The molecule has 0 spiro atoms. The molecule has 0 aliphatic carbocycles. The predicted molar refractivity (Wildman–Crippen MR) is 133 cm³/mol. The minimum atomic E-state index is -1.03. The highest BCUT2D eigenvalue weighted by atomic mass is 19.2. The number of halogens is 4. The average molecular weight is 495 g/mol. The fraction of sp³-hybridized carbons (Fsp3) is 0.200. The predicted octanol–water partition coefficient (Wildman–Crippen LogP) is 8.64. The van der Waals surface area contributed by atoms with E-state index in [0.717, 1.165) is 18.4 Å². The number of aryl methyl sites for hydroxylation is 1. The summed E-state index contributed by atoms with van der Waals surface area (Å²) in [6.07, 6.45) is 1.63. The van der Waals surface area contributed by atoms with Gasteiger partial charge in [-0.15, -0.1) is 0 Å². The number of hydrogen-bond donors (Lipinski definition) is 0. The molecule has 0 aliphatic heterocycles. The summed E-state index contributed by atoms with van der Waals surface area (Å²) in [5.41, 5.74) is 2.39. The van der Waals surface area contributed by atoms with Gasteiger partial charge in [0.1, 0.15) is 12.4 Å². The molecule has 0 aromatic heterocycles. The Morgan fingerprint density at radius 3 is 1.83 bits per heavy atom. The van der Waals surface area contributed by atoms with Gasteiger partial charge in [-0.3, -0.25) is 0 Å². The fourth-order valence-electron chi connectivity index (χ4n) is 3.74. The maximum Gasteiger partial charge on any atom is 0.201 e. The van der Waals surface area contributed by atoms with Crippen LogP contribution in [0.4, 0.5) is 17.6 Å². The lowest BCUT2D eigenvalue weighted by atomic mass is 10.0. The van der Waals surface area contributed by atoms with Gasteiger partial charge < -0.3 is 9.47 Å². The van der Waals surface area contributed by atoms with E-state index in [1.165, 1.54) is 24.3 Å². The molecular formula is C30H26F4O2. The molecule has 4 aromatic carbocycles. The Morgan fingerprint density at radius 2 is 1.19 bits per heavy atom. The summed E-state index contributed by atoms with van der Waals surface area (Å²) >= 11 is 0. The summed E-state index contributed by atoms with van der Waals surface area (Å²) in [7, 11) is 0.